The SMILES string of the molecule is CSc1ccc(C2SCC(=O)Nc3c2cnn3C)cc1. The van der Waals surface area contributed by atoms with Gasteiger partial charge in [0.05, 0.1) is 17.2 Å². The zero-order valence-electron chi connectivity index (χ0n) is 11.3. The zero-order valence-corrected chi connectivity index (χ0v) is 12.9. The van der Waals surface area contributed by atoms with Crippen LogP contribution in [-0.4, -0.2) is 27.7 Å². The number of thioether (sulfide) groups is 2. The number of nitrogens with zero attached hydrogens (tertiary/aromatic N) is 2. The van der Waals surface area contributed by atoms with E-state index in [2.05, 4.69) is 40.9 Å². The number of benzene rings is 1. The van der Waals surface area contributed by atoms with Crippen molar-refractivity contribution in [1.82, 2.24) is 9.78 Å². The van der Waals surface area contributed by atoms with E-state index in [-0.39, 0.29) is 11.2 Å². The number of nitrogens with one attached hydrogen (secondary N) is 1. The van der Waals surface area contributed by atoms with Crippen LogP contribution in [0, 0.1) is 0 Å². The van der Waals surface area contributed by atoms with Crippen LogP contribution >= 0.6 is 23.5 Å². The number of aromatic nitrogens is 2. The minimum absolute atomic E-state index is 0.0306. The van der Waals surface area contributed by atoms with Crippen molar-refractivity contribution in [2.45, 2.75) is 10.1 Å². The Morgan fingerprint density at radius 3 is 2.85 bits per heavy atom. The van der Waals surface area contributed by atoms with Crippen LogP contribution < -0.4 is 5.32 Å². The summed E-state index contributed by atoms with van der Waals surface area (Å²) in [7, 11) is 1.85. The maximum Gasteiger partial charge on any atom is 0.235 e. The van der Waals surface area contributed by atoms with E-state index in [9.17, 15) is 4.79 Å². The van der Waals surface area contributed by atoms with Crippen LogP contribution in [0.2, 0.25) is 0 Å². The van der Waals surface area contributed by atoms with Crippen molar-refractivity contribution in [3.05, 3.63) is 41.6 Å². The molecule has 3 rings (SSSR count). The fourth-order valence-electron chi connectivity index (χ4n) is 2.27. The van der Waals surface area contributed by atoms with Crippen LogP contribution in [0.1, 0.15) is 16.4 Å². The smallest absolute Gasteiger partial charge is 0.235 e. The van der Waals surface area contributed by atoms with Gasteiger partial charge in [-0.1, -0.05) is 12.1 Å². The lowest BCUT2D eigenvalue weighted by atomic mass is 10.1. The average Bonchev–Trinajstić information content (AvgIpc) is 2.72. The predicted octanol–water partition coefficient (Wildman–Crippen LogP) is 2.92. The van der Waals surface area contributed by atoms with Gasteiger partial charge in [-0.2, -0.15) is 5.10 Å². The molecule has 104 valence electrons. The third-order valence-corrected chi connectivity index (χ3v) is 5.34. The Kier molecular flexibility index (Phi) is 3.76. The molecular formula is C14H15N3OS2. The molecule has 1 amide bonds. The van der Waals surface area contributed by atoms with Crippen LogP contribution in [0.5, 0.6) is 0 Å². The van der Waals surface area contributed by atoms with E-state index in [1.54, 1.807) is 28.2 Å². The molecule has 0 aliphatic carbocycles. The van der Waals surface area contributed by atoms with Crippen molar-refractivity contribution < 1.29 is 4.79 Å². The van der Waals surface area contributed by atoms with Gasteiger partial charge in [-0.05, 0) is 24.0 Å². The summed E-state index contributed by atoms with van der Waals surface area (Å²) in [6, 6.07) is 8.51. The number of rotatable bonds is 2. The Hall–Kier alpha value is -1.40. The molecule has 0 fully saturated rings. The topological polar surface area (TPSA) is 46.9 Å². The van der Waals surface area contributed by atoms with Crippen LogP contribution in [0.15, 0.2) is 35.4 Å². The molecule has 1 aliphatic rings. The summed E-state index contributed by atoms with van der Waals surface area (Å²) in [5.74, 6) is 1.30. The number of amides is 1. The monoisotopic (exact) mass is 305 g/mol. The maximum absolute atomic E-state index is 11.8. The molecule has 0 bridgehead atoms. The van der Waals surface area contributed by atoms with Crippen molar-refractivity contribution in [2.75, 3.05) is 17.3 Å². The van der Waals surface area contributed by atoms with Gasteiger partial charge in [0, 0.05) is 17.5 Å². The minimum Gasteiger partial charge on any atom is -0.310 e. The quantitative estimate of drug-likeness (QED) is 0.867. The van der Waals surface area contributed by atoms with Gasteiger partial charge in [-0.15, -0.1) is 23.5 Å². The fraction of sp³-hybridized carbons (Fsp3) is 0.286. The summed E-state index contributed by atoms with van der Waals surface area (Å²) in [5.41, 5.74) is 2.28. The summed E-state index contributed by atoms with van der Waals surface area (Å²) in [6.45, 7) is 0. The number of hydrogen-bond donors (Lipinski definition) is 1. The van der Waals surface area contributed by atoms with E-state index < -0.39 is 0 Å². The number of hydrogen-bond acceptors (Lipinski definition) is 4. The molecule has 0 radical (unpaired) electrons. The van der Waals surface area contributed by atoms with Crippen LogP contribution in [-0.2, 0) is 11.8 Å². The molecule has 4 nitrogen and oxygen atoms in total. The van der Waals surface area contributed by atoms with E-state index in [1.165, 1.54) is 10.5 Å². The number of anilines is 1. The number of carbonyl (C=O) groups excluding carboxylic acids is 1. The van der Waals surface area contributed by atoms with Crippen molar-refractivity contribution >= 4 is 35.2 Å². The summed E-state index contributed by atoms with van der Waals surface area (Å²) in [5, 5.41) is 7.34. The molecule has 1 aromatic carbocycles. The first-order valence-corrected chi connectivity index (χ1v) is 8.53. The van der Waals surface area contributed by atoms with E-state index >= 15 is 0 Å². The second-order valence-corrected chi connectivity index (χ2v) is 6.56. The molecule has 20 heavy (non-hydrogen) atoms. The molecule has 6 heteroatoms. The highest BCUT2D eigenvalue weighted by Gasteiger charge is 2.26. The molecule has 2 heterocycles. The summed E-state index contributed by atoms with van der Waals surface area (Å²) in [4.78, 5) is 13.0. The Morgan fingerprint density at radius 2 is 2.15 bits per heavy atom. The lowest BCUT2D eigenvalue weighted by Gasteiger charge is -2.14. The van der Waals surface area contributed by atoms with Crippen molar-refractivity contribution in [3.8, 4) is 0 Å². The van der Waals surface area contributed by atoms with Gasteiger partial charge in [0.25, 0.3) is 0 Å². The molecule has 1 N–H and O–H groups in total. The lowest BCUT2D eigenvalue weighted by molar-refractivity contribution is -0.113. The molecular weight excluding hydrogens is 290 g/mol. The largest absolute Gasteiger partial charge is 0.310 e. The highest BCUT2D eigenvalue weighted by atomic mass is 32.2. The zero-order chi connectivity index (χ0) is 14.1. The molecule has 0 spiro atoms. The first-order valence-electron chi connectivity index (χ1n) is 6.26. The Balaban J connectivity index is 2.01. The second-order valence-electron chi connectivity index (χ2n) is 4.58. The van der Waals surface area contributed by atoms with Crippen molar-refractivity contribution in [1.29, 1.82) is 0 Å². The molecule has 0 saturated heterocycles. The lowest BCUT2D eigenvalue weighted by Crippen LogP contribution is -2.15. The molecule has 1 aromatic heterocycles. The highest BCUT2D eigenvalue weighted by Crippen LogP contribution is 2.41. The standard InChI is InChI=1S/C14H15N3OS2/c1-17-14-11(7-15-17)13(20-8-12(18)16-14)9-3-5-10(19-2)6-4-9/h3-7,13H,8H2,1-2H3,(H,16,18). The van der Waals surface area contributed by atoms with E-state index in [0.717, 1.165) is 11.4 Å². The van der Waals surface area contributed by atoms with Crippen LogP contribution in [0.4, 0.5) is 5.82 Å². The van der Waals surface area contributed by atoms with Gasteiger partial charge >= 0.3 is 0 Å². The molecule has 1 unspecified atom stereocenters. The highest BCUT2D eigenvalue weighted by molar-refractivity contribution is 8.00. The van der Waals surface area contributed by atoms with Crippen LogP contribution in [0.3, 0.4) is 0 Å². The summed E-state index contributed by atoms with van der Waals surface area (Å²) >= 11 is 3.37. The maximum atomic E-state index is 11.8. The van der Waals surface area contributed by atoms with Gasteiger partial charge < -0.3 is 5.32 Å². The van der Waals surface area contributed by atoms with Gasteiger partial charge in [0.1, 0.15) is 5.82 Å². The third kappa shape index (κ3) is 2.45. The second kappa shape index (κ2) is 5.54. The summed E-state index contributed by atoms with van der Waals surface area (Å²) in [6.07, 6.45) is 3.91. The van der Waals surface area contributed by atoms with Gasteiger partial charge in [0.15, 0.2) is 0 Å². The minimum atomic E-state index is 0.0306. The number of fused-ring (bicyclic) bond motifs is 1. The Bertz CT molecular complexity index is 636. The molecule has 1 aliphatic heterocycles. The van der Waals surface area contributed by atoms with Crippen molar-refractivity contribution in [3.63, 3.8) is 0 Å². The predicted molar refractivity (Wildman–Crippen MR) is 84.4 cm³/mol. The number of carbonyl (C=O) groups is 1. The van der Waals surface area contributed by atoms with Gasteiger partial charge in [-0.3, -0.25) is 9.48 Å². The van der Waals surface area contributed by atoms with E-state index in [4.69, 9.17) is 0 Å². The van der Waals surface area contributed by atoms with Gasteiger partial charge in [-0.25, -0.2) is 0 Å². The Labute approximate surface area is 126 Å². The average molecular weight is 305 g/mol. The Morgan fingerprint density at radius 1 is 1.40 bits per heavy atom. The fourth-order valence-corrected chi connectivity index (χ4v) is 3.77. The molecule has 1 atom stereocenters. The molecule has 2 aromatic rings. The first kappa shape index (κ1) is 13.6. The first-order chi connectivity index (χ1) is 9.69. The summed E-state index contributed by atoms with van der Waals surface area (Å²) < 4.78 is 1.72. The van der Waals surface area contributed by atoms with Gasteiger partial charge in [0.2, 0.25) is 5.91 Å². The third-order valence-electron chi connectivity index (χ3n) is 3.31. The van der Waals surface area contributed by atoms with E-state index in [1.807, 2.05) is 13.2 Å². The van der Waals surface area contributed by atoms with Crippen molar-refractivity contribution in [2.24, 2.45) is 7.05 Å². The van der Waals surface area contributed by atoms with E-state index in [0.29, 0.717) is 5.75 Å². The number of aryl methyl sites for hydroxylation is 1. The molecule has 0 saturated carbocycles. The normalized spacial score (nSPS) is 18.3. The van der Waals surface area contributed by atoms with Crippen LogP contribution in [0.25, 0.3) is 0 Å².